The number of nitrogens with zero attached hydrogens (tertiary/aromatic N) is 3. The fourth-order valence-corrected chi connectivity index (χ4v) is 3.76. The third-order valence-corrected chi connectivity index (χ3v) is 4.93. The maximum Gasteiger partial charge on any atom is 0.137 e. The summed E-state index contributed by atoms with van der Waals surface area (Å²) in [5.74, 6) is 0. The molecule has 0 saturated heterocycles. The van der Waals surface area contributed by atoms with Gasteiger partial charge in [0.15, 0.2) is 0 Å². The Morgan fingerprint density at radius 2 is 1.65 bits per heavy atom. The topological polar surface area (TPSA) is 30.7 Å². The second kappa shape index (κ2) is 5.97. The molecule has 4 heteroatoms. The predicted molar refractivity (Wildman–Crippen MR) is 94.9 cm³/mol. The van der Waals surface area contributed by atoms with E-state index >= 15 is 0 Å². The molecule has 0 saturated carbocycles. The fraction of sp³-hybridized carbons (Fsp3) is 0.158. The Labute approximate surface area is 139 Å². The number of benzene rings is 2. The van der Waals surface area contributed by atoms with Crippen LogP contribution in [0.3, 0.4) is 0 Å². The van der Waals surface area contributed by atoms with E-state index in [-0.39, 0.29) is 0 Å². The Kier molecular flexibility index (Phi) is 3.67. The Balaban J connectivity index is 1.58. The molecule has 0 aliphatic carbocycles. The zero-order chi connectivity index (χ0) is 15.6. The van der Waals surface area contributed by atoms with E-state index in [9.17, 15) is 0 Å². The molecule has 23 heavy (non-hydrogen) atoms. The number of hydrogen-bond acceptors (Lipinski definition) is 3. The summed E-state index contributed by atoms with van der Waals surface area (Å²) in [4.78, 5) is 0. The molecular weight excluding hydrogens is 302 g/mol. The Morgan fingerprint density at radius 3 is 2.52 bits per heavy atom. The van der Waals surface area contributed by atoms with Gasteiger partial charge in [0, 0.05) is 17.6 Å². The number of para-hydroxylation sites is 1. The highest BCUT2D eigenvalue weighted by molar-refractivity contribution is 7.11. The third kappa shape index (κ3) is 2.90. The van der Waals surface area contributed by atoms with E-state index in [1.54, 1.807) is 11.3 Å². The van der Waals surface area contributed by atoms with E-state index in [2.05, 4.69) is 76.3 Å². The first-order valence-corrected chi connectivity index (χ1v) is 8.51. The van der Waals surface area contributed by atoms with Gasteiger partial charge in [-0.15, -0.1) is 10.2 Å². The van der Waals surface area contributed by atoms with Crippen molar-refractivity contribution in [1.82, 2.24) is 14.8 Å². The van der Waals surface area contributed by atoms with E-state index < -0.39 is 0 Å². The average molecular weight is 319 g/mol. The van der Waals surface area contributed by atoms with Gasteiger partial charge in [-0.3, -0.25) is 0 Å². The van der Waals surface area contributed by atoms with Gasteiger partial charge in [-0.1, -0.05) is 59.9 Å². The van der Waals surface area contributed by atoms with Crippen LogP contribution in [-0.4, -0.2) is 14.8 Å². The standard InChI is InChI=1S/C19H17N3S/c1-14-11-16-9-5-6-10-17(16)22(14)13-19-21-20-18(23-19)12-15-7-3-2-4-8-15/h2-11H,12-13H2,1H3. The van der Waals surface area contributed by atoms with Crippen molar-refractivity contribution in [3.8, 4) is 0 Å². The molecule has 0 fully saturated rings. The zero-order valence-corrected chi connectivity index (χ0v) is 13.8. The molecule has 0 bridgehead atoms. The van der Waals surface area contributed by atoms with Gasteiger partial charge in [-0.2, -0.15) is 0 Å². The SMILES string of the molecule is Cc1cc2ccccc2n1Cc1nnc(Cc2ccccc2)s1. The maximum absolute atomic E-state index is 4.38. The van der Waals surface area contributed by atoms with Gasteiger partial charge in [0.2, 0.25) is 0 Å². The molecule has 0 radical (unpaired) electrons. The average Bonchev–Trinajstić information content (AvgIpc) is 3.14. The number of rotatable bonds is 4. The summed E-state index contributed by atoms with van der Waals surface area (Å²) >= 11 is 1.70. The summed E-state index contributed by atoms with van der Waals surface area (Å²) in [6.07, 6.45) is 0.851. The molecule has 114 valence electrons. The highest BCUT2D eigenvalue weighted by atomic mass is 32.1. The van der Waals surface area contributed by atoms with Crippen LogP contribution in [0, 0.1) is 6.92 Å². The smallest absolute Gasteiger partial charge is 0.137 e. The number of aryl methyl sites for hydroxylation is 1. The molecule has 0 atom stereocenters. The van der Waals surface area contributed by atoms with Crippen molar-refractivity contribution < 1.29 is 0 Å². The molecule has 0 N–H and O–H groups in total. The maximum atomic E-state index is 4.38. The number of fused-ring (bicyclic) bond motifs is 1. The Hall–Kier alpha value is -2.46. The van der Waals surface area contributed by atoms with Crippen LogP contribution in [0.4, 0.5) is 0 Å². The van der Waals surface area contributed by atoms with Gasteiger partial charge < -0.3 is 4.57 Å². The van der Waals surface area contributed by atoms with Gasteiger partial charge in [-0.25, -0.2) is 0 Å². The van der Waals surface area contributed by atoms with Gasteiger partial charge >= 0.3 is 0 Å². The second-order valence-corrected chi connectivity index (χ2v) is 6.83. The second-order valence-electron chi connectivity index (χ2n) is 5.68. The Morgan fingerprint density at radius 1 is 0.913 bits per heavy atom. The molecule has 4 aromatic rings. The monoisotopic (exact) mass is 319 g/mol. The summed E-state index contributed by atoms with van der Waals surface area (Å²) in [6.45, 7) is 2.93. The van der Waals surface area contributed by atoms with E-state index in [4.69, 9.17) is 0 Å². The molecule has 0 amide bonds. The summed E-state index contributed by atoms with van der Waals surface area (Å²) < 4.78 is 2.31. The minimum absolute atomic E-state index is 0.784. The van der Waals surface area contributed by atoms with Crippen LogP contribution < -0.4 is 0 Å². The molecule has 0 aliphatic rings. The molecular formula is C19H17N3S. The van der Waals surface area contributed by atoms with Gasteiger partial charge in [0.05, 0.1) is 6.54 Å². The zero-order valence-electron chi connectivity index (χ0n) is 12.9. The first-order chi connectivity index (χ1) is 11.3. The van der Waals surface area contributed by atoms with Crippen LogP contribution in [0.2, 0.25) is 0 Å². The summed E-state index contributed by atoms with van der Waals surface area (Å²) in [7, 11) is 0. The molecule has 3 nitrogen and oxygen atoms in total. The normalized spacial score (nSPS) is 11.2. The van der Waals surface area contributed by atoms with Crippen LogP contribution in [0.15, 0.2) is 60.7 Å². The lowest BCUT2D eigenvalue weighted by molar-refractivity contribution is 0.781. The summed E-state index contributed by atoms with van der Waals surface area (Å²) in [6, 6.07) is 21.1. The van der Waals surface area contributed by atoms with Gasteiger partial charge in [-0.05, 0) is 30.0 Å². The van der Waals surface area contributed by atoms with Crippen LogP contribution in [-0.2, 0) is 13.0 Å². The van der Waals surface area contributed by atoms with E-state index in [1.165, 1.54) is 22.2 Å². The van der Waals surface area contributed by atoms with Crippen molar-refractivity contribution in [2.24, 2.45) is 0 Å². The van der Waals surface area contributed by atoms with Crippen LogP contribution in [0.5, 0.6) is 0 Å². The van der Waals surface area contributed by atoms with Crippen molar-refractivity contribution in [2.45, 2.75) is 19.9 Å². The largest absolute Gasteiger partial charge is 0.338 e. The van der Waals surface area contributed by atoms with Crippen LogP contribution >= 0.6 is 11.3 Å². The molecule has 0 spiro atoms. The van der Waals surface area contributed by atoms with E-state index in [1.807, 2.05) is 6.07 Å². The van der Waals surface area contributed by atoms with Gasteiger partial charge in [0.25, 0.3) is 0 Å². The Bertz CT molecular complexity index is 938. The molecule has 4 rings (SSSR count). The lowest BCUT2D eigenvalue weighted by Gasteiger charge is -2.05. The first-order valence-electron chi connectivity index (χ1n) is 7.69. The molecule has 2 aromatic carbocycles. The fourth-order valence-electron chi connectivity index (χ4n) is 2.89. The quantitative estimate of drug-likeness (QED) is 0.557. The van der Waals surface area contributed by atoms with Crippen molar-refractivity contribution >= 4 is 22.2 Å². The first kappa shape index (κ1) is 14.2. The number of aromatic nitrogens is 3. The van der Waals surface area contributed by atoms with Crippen LogP contribution in [0.25, 0.3) is 10.9 Å². The highest BCUT2D eigenvalue weighted by Crippen LogP contribution is 2.22. The third-order valence-electron chi connectivity index (χ3n) is 4.02. The van der Waals surface area contributed by atoms with Crippen LogP contribution in [0.1, 0.15) is 21.3 Å². The minimum Gasteiger partial charge on any atom is -0.338 e. The minimum atomic E-state index is 0.784. The molecule has 2 heterocycles. The van der Waals surface area contributed by atoms with E-state index in [0.717, 1.165) is 23.0 Å². The highest BCUT2D eigenvalue weighted by Gasteiger charge is 2.10. The van der Waals surface area contributed by atoms with E-state index in [0.29, 0.717) is 0 Å². The lowest BCUT2D eigenvalue weighted by Crippen LogP contribution is -2.00. The van der Waals surface area contributed by atoms with Crippen molar-refractivity contribution in [2.75, 3.05) is 0 Å². The predicted octanol–water partition coefficient (Wildman–Crippen LogP) is 4.44. The lowest BCUT2D eigenvalue weighted by atomic mass is 10.2. The molecule has 2 aromatic heterocycles. The summed E-state index contributed by atoms with van der Waals surface area (Å²) in [5, 5.41) is 12.1. The van der Waals surface area contributed by atoms with Crippen molar-refractivity contribution in [3.63, 3.8) is 0 Å². The van der Waals surface area contributed by atoms with Crippen molar-refractivity contribution in [1.29, 1.82) is 0 Å². The number of hydrogen-bond donors (Lipinski definition) is 0. The molecule has 0 aliphatic heterocycles. The molecule has 0 unspecified atom stereocenters. The van der Waals surface area contributed by atoms with Gasteiger partial charge in [0.1, 0.15) is 10.0 Å². The summed E-state index contributed by atoms with van der Waals surface area (Å²) in [5.41, 5.74) is 3.79. The van der Waals surface area contributed by atoms with Crippen molar-refractivity contribution in [3.05, 3.63) is 81.9 Å².